The van der Waals surface area contributed by atoms with Gasteiger partial charge in [-0.05, 0) is 78.8 Å². The molecule has 0 radical (unpaired) electrons. The Bertz CT molecular complexity index is 1060. The fourth-order valence-electron chi connectivity index (χ4n) is 6.28. The Morgan fingerprint density at radius 2 is 1.69 bits per heavy atom. The third-order valence-electron chi connectivity index (χ3n) is 8.12. The van der Waals surface area contributed by atoms with Gasteiger partial charge in [0.1, 0.15) is 0 Å². The van der Waals surface area contributed by atoms with Crippen molar-refractivity contribution in [2.24, 2.45) is 11.8 Å². The normalized spacial score (nSPS) is 22.5. The highest BCUT2D eigenvalue weighted by molar-refractivity contribution is 6.31. The molecule has 5 nitrogen and oxygen atoms in total. The van der Waals surface area contributed by atoms with Crippen LogP contribution >= 0.6 is 11.6 Å². The smallest absolute Gasteiger partial charge is 0.265 e. The van der Waals surface area contributed by atoms with Crippen LogP contribution in [0.1, 0.15) is 79.6 Å². The van der Waals surface area contributed by atoms with E-state index in [1.54, 1.807) is 0 Å². The first kappa shape index (κ1) is 24.3. The van der Waals surface area contributed by atoms with Gasteiger partial charge in [0.05, 0.1) is 0 Å². The van der Waals surface area contributed by atoms with Gasteiger partial charge >= 0.3 is 0 Å². The van der Waals surface area contributed by atoms with E-state index in [1.165, 1.54) is 38.5 Å². The second-order valence-corrected chi connectivity index (χ2v) is 10.8. The van der Waals surface area contributed by atoms with Crippen LogP contribution in [0.15, 0.2) is 42.5 Å². The van der Waals surface area contributed by atoms with Crippen molar-refractivity contribution >= 4 is 23.4 Å². The standard InChI is InChI=1S/C29H36ClN3O2/c30-26-19-22(21-10-7-11-23(18-21)28(34)32-33-16-5-2-6-17-33)12-13-24(26)27(20-8-3-1-4-9-20)25-14-15-31-29(25)35/h7,10-13,18-20,25,27H,1-6,8-9,14-17H2,(H,31,35)(H,32,34). The van der Waals surface area contributed by atoms with Gasteiger partial charge in [0.2, 0.25) is 5.91 Å². The summed E-state index contributed by atoms with van der Waals surface area (Å²) in [5.41, 5.74) is 6.76. The van der Waals surface area contributed by atoms with Gasteiger partial charge in [0.15, 0.2) is 0 Å². The Kier molecular flexibility index (Phi) is 7.74. The average Bonchev–Trinajstić information content (AvgIpc) is 3.32. The second kappa shape index (κ2) is 11.1. The van der Waals surface area contributed by atoms with Gasteiger partial charge in [-0.2, -0.15) is 0 Å². The van der Waals surface area contributed by atoms with Crippen LogP contribution in [0.4, 0.5) is 0 Å². The molecule has 3 aliphatic rings. The van der Waals surface area contributed by atoms with Crippen LogP contribution < -0.4 is 10.7 Å². The van der Waals surface area contributed by atoms with E-state index in [9.17, 15) is 9.59 Å². The van der Waals surface area contributed by atoms with Gasteiger partial charge in [-0.15, -0.1) is 0 Å². The number of amides is 2. The lowest BCUT2D eigenvalue weighted by Gasteiger charge is -2.34. The van der Waals surface area contributed by atoms with Crippen molar-refractivity contribution in [1.29, 1.82) is 0 Å². The monoisotopic (exact) mass is 493 g/mol. The lowest BCUT2D eigenvalue weighted by Crippen LogP contribution is -2.45. The SMILES string of the molecule is O=C(NN1CCCCC1)c1cccc(-c2ccc(C(C3CCCCC3)C3CCNC3=O)c(Cl)c2)c1. The summed E-state index contributed by atoms with van der Waals surface area (Å²) in [6.07, 6.45) is 10.4. The largest absolute Gasteiger partial charge is 0.356 e. The summed E-state index contributed by atoms with van der Waals surface area (Å²) >= 11 is 6.93. The molecule has 3 fully saturated rings. The van der Waals surface area contributed by atoms with Crippen LogP contribution in [0.5, 0.6) is 0 Å². The number of hydrogen-bond acceptors (Lipinski definition) is 3. The minimum Gasteiger partial charge on any atom is -0.356 e. The highest BCUT2D eigenvalue weighted by Crippen LogP contribution is 2.45. The molecule has 186 valence electrons. The van der Waals surface area contributed by atoms with Crippen LogP contribution in [-0.4, -0.2) is 36.5 Å². The second-order valence-electron chi connectivity index (χ2n) is 10.4. The van der Waals surface area contributed by atoms with E-state index in [-0.39, 0.29) is 23.7 Å². The maximum atomic E-state index is 12.8. The minimum absolute atomic E-state index is 0.00302. The van der Waals surface area contributed by atoms with Gasteiger partial charge in [0.25, 0.3) is 5.91 Å². The predicted octanol–water partition coefficient (Wildman–Crippen LogP) is 5.94. The molecule has 2 N–H and O–H groups in total. The molecule has 5 rings (SSSR count). The van der Waals surface area contributed by atoms with Gasteiger partial charge < -0.3 is 5.32 Å². The van der Waals surface area contributed by atoms with E-state index in [1.807, 2.05) is 35.3 Å². The maximum absolute atomic E-state index is 12.8. The van der Waals surface area contributed by atoms with Crippen LogP contribution in [0, 0.1) is 11.8 Å². The van der Waals surface area contributed by atoms with Crippen molar-refractivity contribution in [3.05, 3.63) is 58.6 Å². The molecule has 2 unspecified atom stereocenters. The summed E-state index contributed by atoms with van der Waals surface area (Å²) in [6.45, 7) is 2.57. The predicted molar refractivity (Wildman–Crippen MR) is 140 cm³/mol. The van der Waals surface area contributed by atoms with E-state index in [0.717, 1.165) is 60.6 Å². The van der Waals surface area contributed by atoms with Gasteiger partial charge in [0, 0.05) is 36.1 Å². The lowest BCUT2D eigenvalue weighted by atomic mass is 9.70. The van der Waals surface area contributed by atoms with Crippen molar-refractivity contribution in [3.8, 4) is 11.1 Å². The van der Waals surface area contributed by atoms with E-state index in [4.69, 9.17) is 11.6 Å². The molecule has 1 saturated carbocycles. The Hall–Kier alpha value is -2.37. The molecular weight excluding hydrogens is 458 g/mol. The quantitative estimate of drug-likeness (QED) is 0.523. The molecule has 2 heterocycles. The summed E-state index contributed by atoms with van der Waals surface area (Å²) in [4.78, 5) is 25.5. The summed E-state index contributed by atoms with van der Waals surface area (Å²) < 4.78 is 0. The maximum Gasteiger partial charge on any atom is 0.265 e. The third kappa shape index (κ3) is 5.57. The molecule has 0 bridgehead atoms. The van der Waals surface area contributed by atoms with Gasteiger partial charge in [-0.3, -0.25) is 15.0 Å². The van der Waals surface area contributed by atoms with Crippen molar-refractivity contribution in [1.82, 2.24) is 15.8 Å². The molecule has 2 aromatic carbocycles. The number of hydrogen-bond donors (Lipinski definition) is 2. The molecule has 2 aliphatic heterocycles. The highest BCUT2D eigenvalue weighted by atomic mass is 35.5. The minimum atomic E-state index is -0.0684. The molecule has 6 heteroatoms. The van der Waals surface area contributed by atoms with Crippen LogP contribution in [-0.2, 0) is 4.79 Å². The molecule has 2 amide bonds. The number of nitrogens with zero attached hydrogens (tertiary/aromatic N) is 1. The Labute approximate surface area is 213 Å². The number of halogens is 1. The number of rotatable bonds is 6. The van der Waals surface area contributed by atoms with E-state index in [2.05, 4.69) is 22.9 Å². The number of carbonyl (C=O) groups excluding carboxylic acids is 2. The Morgan fingerprint density at radius 1 is 0.943 bits per heavy atom. The van der Waals surface area contributed by atoms with Crippen LogP contribution in [0.25, 0.3) is 11.1 Å². The molecule has 1 aliphatic carbocycles. The topological polar surface area (TPSA) is 61.4 Å². The number of hydrazine groups is 1. The Morgan fingerprint density at radius 3 is 2.40 bits per heavy atom. The average molecular weight is 494 g/mol. The first-order valence-electron chi connectivity index (χ1n) is 13.3. The van der Waals surface area contributed by atoms with Crippen LogP contribution in [0.2, 0.25) is 5.02 Å². The number of piperidine rings is 1. The van der Waals surface area contributed by atoms with Crippen molar-refractivity contribution in [2.45, 2.75) is 63.7 Å². The van der Waals surface area contributed by atoms with Gasteiger partial charge in [-0.25, -0.2) is 5.01 Å². The summed E-state index contributed by atoms with van der Waals surface area (Å²) in [6, 6.07) is 14.0. The zero-order chi connectivity index (χ0) is 24.2. The third-order valence-corrected chi connectivity index (χ3v) is 8.44. The number of carbonyl (C=O) groups is 2. The van der Waals surface area contributed by atoms with Crippen molar-refractivity contribution in [2.75, 3.05) is 19.6 Å². The summed E-state index contributed by atoms with van der Waals surface area (Å²) in [5.74, 6) is 0.779. The van der Waals surface area contributed by atoms with Crippen molar-refractivity contribution in [3.63, 3.8) is 0 Å². The fraction of sp³-hybridized carbons (Fsp3) is 0.517. The zero-order valence-corrected chi connectivity index (χ0v) is 21.2. The molecule has 0 spiro atoms. The van der Waals surface area contributed by atoms with Gasteiger partial charge in [-0.1, -0.05) is 61.5 Å². The summed E-state index contributed by atoms with van der Waals surface area (Å²) in [7, 11) is 0. The van der Waals surface area contributed by atoms with E-state index < -0.39 is 0 Å². The Balaban J connectivity index is 1.38. The molecule has 0 aromatic heterocycles. The number of nitrogens with one attached hydrogen (secondary N) is 2. The lowest BCUT2D eigenvalue weighted by molar-refractivity contribution is -0.123. The first-order valence-corrected chi connectivity index (χ1v) is 13.7. The van der Waals surface area contributed by atoms with E-state index >= 15 is 0 Å². The van der Waals surface area contributed by atoms with Crippen molar-refractivity contribution < 1.29 is 9.59 Å². The zero-order valence-electron chi connectivity index (χ0n) is 20.4. The number of benzene rings is 2. The van der Waals surface area contributed by atoms with Crippen LogP contribution in [0.3, 0.4) is 0 Å². The highest BCUT2D eigenvalue weighted by Gasteiger charge is 2.39. The summed E-state index contributed by atoms with van der Waals surface area (Å²) in [5, 5.41) is 5.78. The first-order chi connectivity index (χ1) is 17.1. The molecular formula is C29H36ClN3O2. The molecule has 2 saturated heterocycles. The fourth-order valence-corrected chi connectivity index (χ4v) is 6.59. The van der Waals surface area contributed by atoms with E-state index in [0.29, 0.717) is 11.5 Å². The molecule has 2 atom stereocenters. The molecule has 2 aromatic rings. The molecule has 35 heavy (non-hydrogen) atoms.